The van der Waals surface area contributed by atoms with Crippen LogP contribution in [0, 0.1) is 11.2 Å². The molecule has 2 unspecified atom stereocenters. The summed E-state index contributed by atoms with van der Waals surface area (Å²) >= 11 is 1.32. The van der Waals surface area contributed by atoms with Gasteiger partial charge in [0.25, 0.3) is 0 Å². The average Bonchev–Trinajstić information content (AvgIpc) is 2.93. The van der Waals surface area contributed by atoms with E-state index in [0.717, 1.165) is 31.2 Å². The van der Waals surface area contributed by atoms with Gasteiger partial charge in [-0.2, -0.15) is 15.0 Å². The normalized spacial score (nSPS) is 22.7. The summed E-state index contributed by atoms with van der Waals surface area (Å²) in [7, 11) is -3.27. The fraction of sp³-hybridized carbons (Fsp3) is 0.423. The molecule has 2 aromatic carbocycles. The van der Waals surface area contributed by atoms with E-state index in [-0.39, 0.29) is 28.7 Å². The lowest BCUT2D eigenvalue weighted by Crippen LogP contribution is -2.28. The Morgan fingerprint density at radius 3 is 2.51 bits per heavy atom. The number of carboxylic acid groups (broad SMARTS) is 1. The van der Waals surface area contributed by atoms with Crippen LogP contribution in [0.15, 0.2) is 58.3 Å². The highest BCUT2D eigenvalue weighted by Gasteiger charge is 2.42. The van der Waals surface area contributed by atoms with E-state index in [2.05, 4.69) is 13.8 Å². The van der Waals surface area contributed by atoms with Crippen LogP contribution < -0.4 is 4.74 Å². The number of hydrogen-bond donors (Lipinski definition) is 3. The standard InChI is InChI=1S/C26H32F2O5S2/c1-4-6-11-26(5-2)14-20(17-7-9-18(27)10-8-17)19-12-23(34-3)22(33-15-21(28)25(29)30)13-24(19)35(31,32)16-26/h7-10,12-13,15,20,31-32H,4-6,11,14,16H2,1-3H3,(H,29,30). The summed E-state index contributed by atoms with van der Waals surface area (Å²) in [6, 6.07) is 9.57. The van der Waals surface area contributed by atoms with Gasteiger partial charge in [0.1, 0.15) is 17.8 Å². The molecule has 0 spiro atoms. The molecular formula is C26H32F2O5S2. The van der Waals surface area contributed by atoms with Crippen molar-refractivity contribution in [1.29, 1.82) is 0 Å². The van der Waals surface area contributed by atoms with Gasteiger partial charge in [0, 0.05) is 17.7 Å². The minimum atomic E-state index is -3.27. The van der Waals surface area contributed by atoms with Crippen molar-refractivity contribution in [3.8, 4) is 5.75 Å². The predicted molar refractivity (Wildman–Crippen MR) is 137 cm³/mol. The number of unbranched alkanes of at least 4 members (excludes halogenated alkanes) is 1. The maximum atomic E-state index is 13.7. The van der Waals surface area contributed by atoms with Gasteiger partial charge in [0.2, 0.25) is 5.83 Å². The first-order valence-corrected chi connectivity index (χ1v) is 14.5. The van der Waals surface area contributed by atoms with Gasteiger partial charge in [-0.3, -0.25) is 9.11 Å². The smallest absolute Gasteiger partial charge is 0.368 e. The summed E-state index contributed by atoms with van der Waals surface area (Å²) in [6.07, 6.45) is 6.46. The van der Waals surface area contributed by atoms with E-state index in [4.69, 9.17) is 9.84 Å². The Bertz CT molecular complexity index is 1090. The minimum Gasteiger partial charge on any atom is -0.476 e. The molecule has 9 heteroatoms. The number of thioether (sulfide) groups is 1. The van der Waals surface area contributed by atoms with Crippen LogP contribution in [0.2, 0.25) is 0 Å². The largest absolute Gasteiger partial charge is 0.476 e. The number of carboxylic acids is 1. The van der Waals surface area contributed by atoms with Crippen LogP contribution in [0.25, 0.3) is 0 Å². The van der Waals surface area contributed by atoms with Crippen LogP contribution in [0.1, 0.15) is 63.0 Å². The molecule has 2 aromatic rings. The third-order valence-electron chi connectivity index (χ3n) is 6.74. The fourth-order valence-electron chi connectivity index (χ4n) is 4.78. The molecule has 5 nitrogen and oxygen atoms in total. The van der Waals surface area contributed by atoms with Gasteiger partial charge in [0.15, 0.2) is 0 Å². The Hall–Kier alpha value is -2.07. The number of rotatable bonds is 9. The van der Waals surface area contributed by atoms with Gasteiger partial charge in [-0.1, -0.05) is 38.8 Å². The van der Waals surface area contributed by atoms with E-state index in [1.807, 2.05) is 0 Å². The van der Waals surface area contributed by atoms with Gasteiger partial charge < -0.3 is 9.84 Å². The number of aliphatic carboxylic acids is 1. The van der Waals surface area contributed by atoms with Crippen LogP contribution >= 0.6 is 22.4 Å². The van der Waals surface area contributed by atoms with Gasteiger partial charge in [-0.25, -0.2) is 9.18 Å². The first kappa shape index (κ1) is 27.5. The Labute approximate surface area is 210 Å². The summed E-state index contributed by atoms with van der Waals surface area (Å²) in [4.78, 5) is 11.7. The summed E-state index contributed by atoms with van der Waals surface area (Å²) in [5, 5.41) is 8.80. The zero-order chi connectivity index (χ0) is 25.8. The van der Waals surface area contributed by atoms with E-state index < -0.39 is 22.4 Å². The number of benzene rings is 2. The van der Waals surface area contributed by atoms with Crippen molar-refractivity contribution in [2.24, 2.45) is 5.41 Å². The topological polar surface area (TPSA) is 87.0 Å². The van der Waals surface area contributed by atoms with Crippen molar-refractivity contribution in [3.63, 3.8) is 0 Å². The molecule has 0 radical (unpaired) electrons. The van der Waals surface area contributed by atoms with Crippen molar-refractivity contribution < 1.29 is 32.5 Å². The molecule has 0 saturated carbocycles. The van der Waals surface area contributed by atoms with Crippen molar-refractivity contribution in [2.45, 2.75) is 61.7 Å². The van der Waals surface area contributed by atoms with Gasteiger partial charge in [0.05, 0.1) is 9.79 Å². The van der Waals surface area contributed by atoms with Crippen molar-refractivity contribution >= 4 is 28.3 Å². The highest BCUT2D eigenvalue weighted by atomic mass is 32.3. The second kappa shape index (κ2) is 11.3. The van der Waals surface area contributed by atoms with Gasteiger partial charge >= 0.3 is 5.97 Å². The number of hydrogen-bond acceptors (Lipinski definition) is 5. The summed E-state index contributed by atoms with van der Waals surface area (Å²) in [5.74, 6) is -3.47. The van der Waals surface area contributed by atoms with E-state index in [0.29, 0.717) is 28.0 Å². The molecule has 0 amide bonds. The molecule has 0 aromatic heterocycles. The predicted octanol–water partition coefficient (Wildman–Crippen LogP) is 8.05. The molecule has 0 aliphatic carbocycles. The number of halogens is 2. The van der Waals surface area contributed by atoms with Crippen LogP contribution in [-0.4, -0.2) is 32.2 Å². The van der Waals surface area contributed by atoms with Crippen molar-refractivity contribution in [3.05, 3.63) is 65.4 Å². The molecule has 1 aliphatic rings. The molecule has 2 atom stereocenters. The molecule has 0 saturated heterocycles. The lowest BCUT2D eigenvalue weighted by Gasteiger charge is -2.41. The maximum Gasteiger partial charge on any atom is 0.368 e. The Morgan fingerprint density at radius 2 is 1.94 bits per heavy atom. The number of carbonyl (C=O) groups is 1. The molecule has 1 heterocycles. The minimum absolute atomic E-state index is 0.142. The quantitative estimate of drug-likeness (QED) is 0.174. The highest BCUT2D eigenvalue weighted by molar-refractivity contribution is 8.24. The Morgan fingerprint density at radius 1 is 1.26 bits per heavy atom. The first-order valence-electron chi connectivity index (χ1n) is 11.5. The fourth-order valence-corrected chi connectivity index (χ4v) is 7.68. The molecular weight excluding hydrogens is 494 g/mol. The molecule has 3 rings (SSSR count). The third kappa shape index (κ3) is 6.20. The summed E-state index contributed by atoms with van der Waals surface area (Å²) in [6.45, 7) is 4.16. The summed E-state index contributed by atoms with van der Waals surface area (Å²) in [5.41, 5.74) is 1.24. The maximum absolute atomic E-state index is 13.7. The number of fused-ring (bicyclic) bond motifs is 1. The molecule has 35 heavy (non-hydrogen) atoms. The lowest BCUT2D eigenvalue weighted by atomic mass is 9.71. The van der Waals surface area contributed by atoms with Crippen LogP contribution in [0.5, 0.6) is 5.75 Å². The highest BCUT2D eigenvalue weighted by Crippen LogP contribution is 2.63. The zero-order valence-corrected chi connectivity index (χ0v) is 21.7. The summed E-state index contributed by atoms with van der Waals surface area (Å²) < 4.78 is 55.6. The average molecular weight is 527 g/mol. The second-order valence-corrected chi connectivity index (χ2v) is 11.9. The van der Waals surface area contributed by atoms with Crippen molar-refractivity contribution in [1.82, 2.24) is 0 Å². The van der Waals surface area contributed by atoms with E-state index in [1.54, 1.807) is 24.5 Å². The lowest BCUT2D eigenvalue weighted by molar-refractivity contribution is -0.134. The van der Waals surface area contributed by atoms with Gasteiger partial charge in [-0.15, -0.1) is 11.8 Å². The molecule has 1 aliphatic heterocycles. The number of ether oxygens (including phenoxy) is 1. The Kier molecular flexibility index (Phi) is 8.91. The van der Waals surface area contributed by atoms with E-state index in [9.17, 15) is 22.7 Å². The SMILES string of the molecule is CCCCC1(CC)CC(c2ccc(F)cc2)c2cc(SC)c(OC=C(F)C(=O)O)cc2S(O)(O)C1. The monoisotopic (exact) mass is 526 g/mol. The van der Waals surface area contributed by atoms with Crippen molar-refractivity contribution in [2.75, 3.05) is 12.0 Å². The van der Waals surface area contributed by atoms with E-state index >= 15 is 0 Å². The Balaban J connectivity index is 2.22. The van der Waals surface area contributed by atoms with Crippen LogP contribution in [0.3, 0.4) is 0 Å². The van der Waals surface area contributed by atoms with E-state index in [1.165, 1.54) is 30.0 Å². The van der Waals surface area contributed by atoms with Gasteiger partial charge in [-0.05, 0) is 60.3 Å². The first-order chi connectivity index (χ1) is 16.6. The zero-order valence-electron chi connectivity index (χ0n) is 20.1. The van der Waals surface area contributed by atoms with Crippen LogP contribution in [0.4, 0.5) is 8.78 Å². The molecule has 3 N–H and O–H groups in total. The van der Waals surface area contributed by atoms with Crippen LogP contribution in [-0.2, 0) is 4.79 Å². The third-order valence-corrected chi connectivity index (χ3v) is 9.58. The molecule has 192 valence electrons. The second-order valence-electron chi connectivity index (χ2n) is 9.01. The molecule has 0 bridgehead atoms. The molecule has 0 fully saturated rings.